The zero-order chi connectivity index (χ0) is 12.8. The van der Waals surface area contributed by atoms with Crippen LogP contribution in [0.2, 0.25) is 0 Å². The SMILES string of the molecule is COCC(CO)NC(=O)c1ccc([N+](=O)[O-])[nH]1. The van der Waals surface area contributed by atoms with E-state index < -0.39 is 16.9 Å². The van der Waals surface area contributed by atoms with Gasteiger partial charge in [0.25, 0.3) is 5.91 Å². The van der Waals surface area contributed by atoms with Gasteiger partial charge >= 0.3 is 5.82 Å². The number of aliphatic hydroxyl groups is 1. The number of amides is 1. The molecule has 8 nitrogen and oxygen atoms in total. The molecule has 94 valence electrons. The van der Waals surface area contributed by atoms with Gasteiger partial charge in [-0.05, 0) is 11.0 Å². The fourth-order valence-electron chi connectivity index (χ4n) is 1.23. The number of H-pyrrole nitrogens is 1. The van der Waals surface area contributed by atoms with E-state index in [1.54, 1.807) is 0 Å². The smallest absolute Gasteiger partial charge is 0.321 e. The summed E-state index contributed by atoms with van der Waals surface area (Å²) in [5, 5.41) is 21.8. The van der Waals surface area contributed by atoms with Crippen molar-refractivity contribution in [3.63, 3.8) is 0 Å². The number of nitrogens with one attached hydrogen (secondary N) is 2. The Hall–Kier alpha value is -1.93. The van der Waals surface area contributed by atoms with Crippen molar-refractivity contribution in [3.05, 3.63) is 27.9 Å². The van der Waals surface area contributed by atoms with Crippen molar-refractivity contribution >= 4 is 11.7 Å². The molecule has 0 saturated heterocycles. The molecule has 0 saturated carbocycles. The quantitative estimate of drug-likeness (QED) is 0.466. The maximum atomic E-state index is 11.6. The number of methoxy groups -OCH3 is 1. The topological polar surface area (TPSA) is 117 Å². The molecule has 3 N–H and O–H groups in total. The summed E-state index contributed by atoms with van der Waals surface area (Å²) in [5.41, 5.74) is 0.0613. The first-order valence-electron chi connectivity index (χ1n) is 4.82. The van der Waals surface area contributed by atoms with Crippen molar-refractivity contribution in [2.75, 3.05) is 20.3 Å². The summed E-state index contributed by atoms with van der Waals surface area (Å²) in [5.74, 6) is -0.795. The number of nitrogens with zero attached hydrogens (tertiary/aromatic N) is 1. The lowest BCUT2D eigenvalue weighted by molar-refractivity contribution is -0.389. The fourth-order valence-corrected chi connectivity index (χ4v) is 1.23. The van der Waals surface area contributed by atoms with Gasteiger partial charge in [0.15, 0.2) is 5.69 Å². The number of ether oxygens (including phenoxy) is 1. The molecule has 0 spiro atoms. The molecule has 1 unspecified atom stereocenters. The Morgan fingerprint density at radius 2 is 2.41 bits per heavy atom. The lowest BCUT2D eigenvalue weighted by atomic mass is 10.3. The second-order valence-electron chi connectivity index (χ2n) is 3.32. The van der Waals surface area contributed by atoms with Crippen LogP contribution in [0.5, 0.6) is 0 Å². The van der Waals surface area contributed by atoms with Crippen molar-refractivity contribution < 1.29 is 19.6 Å². The van der Waals surface area contributed by atoms with Crippen molar-refractivity contribution in [2.45, 2.75) is 6.04 Å². The zero-order valence-corrected chi connectivity index (χ0v) is 9.17. The summed E-state index contributed by atoms with van der Waals surface area (Å²) in [6, 6.07) is 1.95. The highest BCUT2D eigenvalue weighted by atomic mass is 16.6. The third kappa shape index (κ3) is 3.54. The van der Waals surface area contributed by atoms with Crippen LogP contribution in [0.15, 0.2) is 12.1 Å². The van der Waals surface area contributed by atoms with Crippen LogP contribution >= 0.6 is 0 Å². The van der Waals surface area contributed by atoms with E-state index >= 15 is 0 Å². The summed E-state index contributed by atoms with van der Waals surface area (Å²) in [6.07, 6.45) is 0. The standard InChI is InChI=1S/C9H13N3O5/c1-17-5-6(4-13)10-9(14)7-2-3-8(11-7)12(15)16/h2-3,6,11,13H,4-5H2,1H3,(H,10,14). The average Bonchev–Trinajstić information content (AvgIpc) is 2.77. The van der Waals surface area contributed by atoms with Gasteiger partial charge in [-0.15, -0.1) is 0 Å². The highest BCUT2D eigenvalue weighted by Crippen LogP contribution is 2.09. The van der Waals surface area contributed by atoms with Gasteiger partial charge in [-0.2, -0.15) is 0 Å². The lowest BCUT2D eigenvalue weighted by Gasteiger charge is -2.13. The van der Waals surface area contributed by atoms with Crippen LogP contribution in [0.1, 0.15) is 10.5 Å². The van der Waals surface area contributed by atoms with Crippen molar-refractivity contribution in [1.82, 2.24) is 10.3 Å². The second-order valence-corrected chi connectivity index (χ2v) is 3.32. The molecular formula is C9H13N3O5. The molecule has 17 heavy (non-hydrogen) atoms. The van der Waals surface area contributed by atoms with Gasteiger partial charge in [0.05, 0.1) is 19.3 Å². The summed E-state index contributed by atoms with van der Waals surface area (Å²) >= 11 is 0. The molecule has 0 bridgehead atoms. The normalized spacial score (nSPS) is 12.1. The van der Waals surface area contributed by atoms with Gasteiger partial charge < -0.3 is 25.3 Å². The molecule has 1 atom stereocenters. The van der Waals surface area contributed by atoms with Gasteiger partial charge in [-0.1, -0.05) is 0 Å². The number of carbonyl (C=O) groups is 1. The molecule has 1 heterocycles. The first-order valence-corrected chi connectivity index (χ1v) is 4.82. The van der Waals surface area contributed by atoms with Gasteiger partial charge in [0.2, 0.25) is 0 Å². The molecule has 8 heteroatoms. The van der Waals surface area contributed by atoms with E-state index in [0.717, 1.165) is 0 Å². The van der Waals surface area contributed by atoms with Crippen molar-refractivity contribution in [3.8, 4) is 0 Å². The number of rotatable bonds is 6. The largest absolute Gasteiger partial charge is 0.394 e. The lowest BCUT2D eigenvalue weighted by Crippen LogP contribution is -2.40. The van der Waals surface area contributed by atoms with Gasteiger partial charge in [-0.3, -0.25) is 4.79 Å². The number of hydrogen-bond acceptors (Lipinski definition) is 5. The van der Waals surface area contributed by atoms with E-state index in [9.17, 15) is 14.9 Å². The predicted octanol–water partition coefficient (Wildman–Crippen LogP) is -0.340. The summed E-state index contributed by atoms with van der Waals surface area (Å²) in [4.78, 5) is 23.7. The van der Waals surface area contributed by atoms with Crippen LogP contribution in [0.25, 0.3) is 0 Å². The number of carbonyl (C=O) groups excluding carboxylic acids is 1. The molecule has 1 aromatic rings. The molecule has 0 radical (unpaired) electrons. The number of hydrogen-bond donors (Lipinski definition) is 3. The van der Waals surface area contributed by atoms with Crippen molar-refractivity contribution in [2.24, 2.45) is 0 Å². The van der Waals surface area contributed by atoms with Gasteiger partial charge in [0.1, 0.15) is 0 Å². The third-order valence-corrected chi connectivity index (χ3v) is 2.04. The number of nitro groups is 1. The minimum absolute atomic E-state index is 0.0613. The van der Waals surface area contributed by atoms with Gasteiger partial charge in [-0.25, -0.2) is 4.98 Å². The molecule has 0 fully saturated rings. The van der Waals surface area contributed by atoms with E-state index in [-0.39, 0.29) is 24.7 Å². The Balaban J connectivity index is 2.65. The molecule has 1 aromatic heterocycles. The molecular weight excluding hydrogens is 230 g/mol. The first kappa shape index (κ1) is 13.1. The molecule has 0 aliphatic carbocycles. The molecule has 1 rings (SSSR count). The summed E-state index contributed by atoms with van der Waals surface area (Å²) in [7, 11) is 1.44. The predicted molar refractivity (Wildman–Crippen MR) is 57.7 cm³/mol. The third-order valence-electron chi connectivity index (χ3n) is 2.04. The van der Waals surface area contributed by atoms with Crippen molar-refractivity contribution in [1.29, 1.82) is 0 Å². The Morgan fingerprint density at radius 3 is 2.88 bits per heavy atom. The summed E-state index contributed by atoms with van der Waals surface area (Å²) in [6.45, 7) is -0.118. The molecule has 0 aliphatic rings. The minimum Gasteiger partial charge on any atom is -0.394 e. The zero-order valence-electron chi connectivity index (χ0n) is 9.17. The van der Waals surface area contributed by atoms with E-state index in [1.165, 1.54) is 19.2 Å². The maximum Gasteiger partial charge on any atom is 0.321 e. The highest BCUT2D eigenvalue weighted by molar-refractivity contribution is 5.93. The Bertz CT molecular complexity index is 403. The Morgan fingerprint density at radius 1 is 1.71 bits per heavy atom. The van der Waals surface area contributed by atoms with E-state index in [4.69, 9.17) is 9.84 Å². The fraction of sp³-hybridized carbons (Fsp3) is 0.444. The van der Waals surface area contributed by atoms with Gasteiger partial charge in [0, 0.05) is 13.2 Å². The first-order chi connectivity index (χ1) is 8.08. The van der Waals surface area contributed by atoms with E-state index in [0.29, 0.717) is 0 Å². The van der Waals surface area contributed by atoms with Crippen LogP contribution in [0, 0.1) is 10.1 Å². The van der Waals surface area contributed by atoms with E-state index in [1.807, 2.05) is 0 Å². The van der Waals surface area contributed by atoms with Crippen LogP contribution < -0.4 is 5.32 Å². The van der Waals surface area contributed by atoms with E-state index in [2.05, 4.69) is 10.3 Å². The molecule has 0 aliphatic heterocycles. The Labute approximate surface area is 96.7 Å². The Kier molecular flexibility index (Phi) is 4.61. The summed E-state index contributed by atoms with van der Waals surface area (Å²) < 4.78 is 4.78. The average molecular weight is 243 g/mol. The van der Waals surface area contributed by atoms with Crippen LogP contribution in [0.3, 0.4) is 0 Å². The molecule has 0 aromatic carbocycles. The number of aromatic amines is 1. The van der Waals surface area contributed by atoms with Crippen LogP contribution in [0.4, 0.5) is 5.82 Å². The number of aromatic nitrogens is 1. The highest BCUT2D eigenvalue weighted by Gasteiger charge is 2.18. The monoisotopic (exact) mass is 243 g/mol. The maximum absolute atomic E-state index is 11.6. The van der Waals surface area contributed by atoms with Crippen LogP contribution in [-0.4, -0.2) is 47.3 Å². The second kappa shape index (κ2) is 5.97. The van der Waals surface area contributed by atoms with Crippen LogP contribution in [-0.2, 0) is 4.74 Å². The minimum atomic E-state index is -0.630. The molecule has 1 amide bonds. The number of aliphatic hydroxyl groups excluding tert-OH is 1.